The fourth-order valence-corrected chi connectivity index (χ4v) is 1.95. The molecule has 2 N–H and O–H groups in total. The zero-order valence-electron chi connectivity index (χ0n) is 11.3. The number of aromatic nitrogens is 5. The first kappa shape index (κ1) is 12.3. The van der Waals surface area contributed by atoms with Crippen molar-refractivity contribution in [3.05, 3.63) is 42.4 Å². The summed E-state index contributed by atoms with van der Waals surface area (Å²) >= 11 is 0. The average Bonchev–Trinajstić information content (AvgIpc) is 2.85. The van der Waals surface area contributed by atoms with Gasteiger partial charge in [-0.25, -0.2) is 15.0 Å². The van der Waals surface area contributed by atoms with E-state index in [-0.39, 0.29) is 0 Å². The monoisotopic (exact) mass is 266 g/mol. The smallest absolute Gasteiger partial charge is 0.180 e. The maximum absolute atomic E-state index is 5.87. The number of anilines is 1. The standard InChI is InChI=1S/C14H14N6/c1-9-4-3-5-11(17-9)14-18-12(6-13(15)19-14)10-7-16-20(2)8-10/h3-8H,1-2H3,(H2,15,18,19). The first-order valence-corrected chi connectivity index (χ1v) is 6.19. The second kappa shape index (κ2) is 4.73. The van der Waals surface area contributed by atoms with Crippen LogP contribution in [0.25, 0.3) is 22.8 Å². The molecule has 0 aliphatic heterocycles. The van der Waals surface area contributed by atoms with Gasteiger partial charge in [0.25, 0.3) is 0 Å². The largest absolute Gasteiger partial charge is 0.384 e. The number of pyridine rings is 1. The molecule has 0 aromatic carbocycles. The minimum atomic E-state index is 0.414. The van der Waals surface area contributed by atoms with Crippen molar-refractivity contribution in [3.8, 4) is 22.8 Å². The second-order valence-electron chi connectivity index (χ2n) is 4.57. The zero-order chi connectivity index (χ0) is 14.1. The minimum Gasteiger partial charge on any atom is -0.384 e. The van der Waals surface area contributed by atoms with Gasteiger partial charge in [-0.15, -0.1) is 0 Å². The fraction of sp³-hybridized carbons (Fsp3) is 0.143. The average molecular weight is 266 g/mol. The van der Waals surface area contributed by atoms with Gasteiger partial charge in [0.05, 0.1) is 11.9 Å². The van der Waals surface area contributed by atoms with Crippen LogP contribution in [0.3, 0.4) is 0 Å². The summed E-state index contributed by atoms with van der Waals surface area (Å²) in [4.78, 5) is 13.2. The number of nitrogens with zero attached hydrogens (tertiary/aromatic N) is 5. The molecule has 0 atom stereocenters. The number of hydrogen-bond donors (Lipinski definition) is 1. The van der Waals surface area contributed by atoms with E-state index in [1.807, 2.05) is 38.4 Å². The van der Waals surface area contributed by atoms with Crippen LogP contribution in [0.2, 0.25) is 0 Å². The van der Waals surface area contributed by atoms with Gasteiger partial charge in [0.2, 0.25) is 0 Å². The van der Waals surface area contributed by atoms with E-state index in [0.717, 1.165) is 17.0 Å². The van der Waals surface area contributed by atoms with Crippen molar-refractivity contribution in [2.75, 3.05) is 5.73 Å². The highest BCUT2D eigenvalue weighted by Gasteiger charge is 2.09. The van der Waals surface area contributed by atoms with Crippen molar-refractivity contribution in [2.24, 2.45) is 7.05 Å². The SMILES string of the molecule is Cc1cccc(-c2nc(N)cc(-c3cnn(C)c3)n2)n1. The lowest BCUT2D eigenvalue weighted by Crippen LogP contribution is -1.99. The molecule has 3 heterocycles. The predicted molar refractivity (Wildman–Crippen MR) is 76.6 cm³/mol. The fourth-order valence-electron chi connectivity index (χ4n) is 1.95. The molecule has 0 spiro atoms. The van der Waals surface area contributed by atoms with E-state index in [9.17, 15) is 0 Å². The number of nitrogens with two attached hydrogens (primary N) is 1. The Kier molecular flexibility index (Phi) is 2.90. The van der Waals surface area contributed by atoms with Crippen LogP contribution in [0.1, 0.15) is 5.69 Å². The van der Waals surface area contributed by atoms with Crippen molar-refractivity contribution in [3.63, 3.8) is 0 Å². The molecular formula is C14H14N6. The van der Waals surface area contributed by atoms with Crippen LogP contribution in [0.4, 0.5) is 5.82 Å². The molecule has 0 amide bonds. The zero-order valence-corrected chi connectivity index (χ0v) is 11.3. The first-order chi connectivity index (χ1) is 9.61. The maximum Gasteiger partial charge on any atom is 0.180 e. The van der Waals surface area contributed by atoms with E-state index in [2.05, 4.69) is 20.1 Å². The quantitative estimate of drug-likeness (QED) is 0.765. The summed E-state index contributed by atoms with van der Waals surface area (Å²) in [6.07, 6.45) is 3.63. The van der Waals surface area contributed by atoms with Crippen LogP contribution in [-0.2, 0) is 7.05 Å². The number of hydrogen-bond acceptors (Lipinski definition) is 5. The maximum atomic E-state index is 5.87. The lowest BCUT2D eigenvalue weighted by Gasteiger charge is -2.04. The number of aryl methyl sites for hydroxylation is 2. The summed E-state index contributed by atoms with van der Waals surface area (Å²) in [6, 6.07) is 7.46. The predicted octanol–water partition coefficient (Wildman–Crippen LogP) is 1.83. The highest BCUT2D eigenvalue weighted by Crippen LogP contribution is 2.21. The lowest BCUT2D eigenvalue weighted by atomic mass is 10.2. The van der Waals surface area contributed by atoms with E-state index >= 15 is 0 Å². The van der Waals surface area contributed by atoms with Crippen LogP contribution >= 0.6 is 0 Å². The van der Waals surface area contributed by atoms with Gasteiger partial charge >= 0.3 is 0 Å². The van der Waals surface area contributed by atoms with Gasteiger partial charge in [-0.3, -0.25) is 4.68 Å². The molecule has 0 saturated heterocycles. The summed E-state index contributed by atoms with van der Waals surface area (Å²) in [5, 5.41) is 4.14. The highest BCUT2D eigenvalue weighted by atomic mass is 15.2. The molecule has 0 radical (unpaired) electrons. The molecule has 0 aliphatic rings. The normalized spacial score (nSPS) is 10.7. The summed E-state index contributed by atoms with van der Waals surface area (Å²) < 4.78 is 1.72. The van der Waals surface area contributed by atoms with Gasteiger partial charge < -0.3 is 5.73 Å². The molecule has 0 bridgehead atoms. The van der Waals surface area contributed by atoms with E-state index in [0.29, 0.717) is 17.3 Å². The molecule has 0 saturated carbocycles. The summed E-state index contributed by atoms with van der Waals surface area (Å²) in [7, 11) is 1.86. The molecule has 20 heavy (non-hydrogen) atoms. The van der Waals surface area contributed by atoms with Crippen LogP contribution in [-0.4, -0.2) is 24.7 Å². The van der Waals surface area contributed by atoms with Gasteiger partial charge in [0, 0.05) is 30.6 Å². The van der Waals surface area contributed by atoms with Gasteiger partial charge in [-0.2, -0.15) is 5.10 Å². The minimum absolute atomic E-state index is 0.414. The van der Waals surface area contributed by atoms with Gasteiger partial charge in [-0.1, -0.05) is 6.07 Å². The third-order valence-electron chi connectivity index (χ3n) is 2.86. The van der Waals surface area contributed by atoms with Crippen molar-refractivity contribution in [1.29, 1.82) is 0 Å². The molecule has 0 aliphatic carbocycles. The number of nitrogen functional groups attached to an aromatic ring is 1. The lowest BCUT2D eigenvalue weighted by molar-refractivity contribution is 0.768. The molecular weight excluding hydrogens is 252 g/mol. The Labute approximate surface area is 116 Å². The Morgan fingerprint density at radius 2 is 1.95 bits per heavy atom. The third-order valence-corrected chi connectivity index (χ3v) is 2.86. The highest BCUT2D eigenvalue weighted by molar-refractivity contribution is 5.64. The molecule has 6 heteroatoms. The molecule has 3 aromatic heterocycles. The van der Waals surface area contributed by atoms with E-state index < -0.39 is 0 Å². The molecule has 0 unspecified atom stereocenters. The van der Waals surface area contributed by atoms with Crippen molar-refractivity contribution in [1.82, 2.24) is 24.7 Å². The summed E-state index contributed by atoms with van der Waals surface area (Å²) in [6.45, 7) is 1.93. The summed E-state index contributed by atoms with van der Waals surface area (Å²) in [5.74, 6) is 0.935. The van der Waals surface area contributed by atoms with Crippen LogP contribution < -0.4 is 5.73 Å². The van der Waals surface area contributed by atoms with Crippen molar-refractivity contribution >= 4 is 5.82 Å². The molecule has 100 valence electrons. The Balaban J connectivity index is 2.11. The van der Waals surface area contributed by atoms with E-state index in [4.69, 9.17) is 5.73 Å². The summed E-state index contributed by atoms with van der Waals surface area (Å²) in [5.41, 5.74) is 9.14. The van der Waals surface area contributed by atoms with Gasteiger partial charge in [0.1, 0.15) is 11.5 Å². The molecule has 3 aromatic rings. The van der Waals surface area contributed by atoms with Gasteiger partial charge in [0.15, 0.2) is 5.82 Å². The topological polar surface area (TPSA) is 82.5 Å². The van der Waals surface area contributed by atoms with E-state index in [1.54, 1.807) is 16.9 Å². The molecule has 3 rings (SSSR count). The Morgan fingerprint density at radius 1 is 1.10 bits per heavy atom. The van der Waals surface area contributed by atoms with Crippen molar-refractivity contribution < 1.29 is 0 Å². The van der Waals surface area contributed by atoms with Crippen LogP contribution in [0.5, 0.6) is 0 Å². The van der Waals surface area contributed by atoms with Crippen LogP contribution in [0.15, 0.2) is 36.7 Å². The van der Waals surface area contributed by atoms with E-state index in [1.165, 1.54) is 0 Å². The Hall–Kier alpha value is -2.76. The van der Waals surface area contributed by atoms with Crippen molar-refractivity contribution in [2.45, 2.75) is 6.92 Å². The van der Waals surface area contributed by atoms with Gasteiger partial charge in [-0.05, 0) is 19.1 Å². The number of rotatable bonds is 2. The molecule has 0 fully saturated rings. The first-order valence-electron chi connectivity index (χ1n) is 6.19. The Bertz CT molecular complexity index is 762. The third kappa shape index (κ3) is 2.35. The second-order valence-corrected chi connectivity index (χ2v) is 4.57. The Morgan fingerprint density at radius 3 is 2.65 bits per heavy atom. The van der Waals surface area contributed by atoms with Crippen LogP contribution in [0, 0.1) is 6.92 Å². The molecule has 6 nitrogen and oxygen atoms in total.